The Hall–Kier alpha value is -1.60. The van der Waals surface area contributed by atoms with Crippen molar-refractivity contribution in [3.63, 3.8) is 0 Å². The molecular weight excluding hydrogens is 817 g/mol. The summed E-state index contributed by atoms with van der Waals surface area (Å²) < 4.78 is 13.5. The lowest BCUT2D eigenvalue weighted by Gasteiger charge is -2.33. The van der Waals surface area contributed by atoms with E-state index in [2.05, 4.69) is 71.3 Å². The Kier molecular flexibility index (Phi) is 10.3. The number of nitrogens with zero attached hydrogens (tertiary/aromatic N) is 1. The van der Waals surface area contributed by atoms with E-state index in [-0.39, 0.29) is 11.3 Å². The van der Waals surface area contributed by atoms with Crippen molar-refractivity contribution in [3.05, 3.63) is 98.8 Å². The van der Waals surface area contributed by atoms with E-state index >= 15 is 0 Å². The van der Waals surface area contributed by atoms with Gasteiger partial charge in [-0.1, -0.05) is 50.0 Å². The van der Waals surface area contributed by atoms with E-state index in [1.807, 2.05) is 36.5 Å². The number of hydrogen-bond acceptors (Lipinski definition) is 5. The number of amides is 1. The third-order valence-corrected chi connectivity index (χ3v) is 10.8. The van der Waals surface area contributed by atoms with Crippen LogP contribution in [0.15, 0.2) is 58.1 Å². The molecule has 2 aromatic heterocycles. The number of halogens is 4. The number of furan rings is 1. The molecule has 0 unspecified atom stereocenters. The largest absolute Gasteiger partial charge is 0.487 e. The highest BCUT2D eigenvalue weighted by atomic mass is 127. The summed E-state index contributed by atoms with van der Waals surface area (Å²) in [4.78, 5) is 19.7. The molecule has 4 aromatic rings. The van der Waals surface area contributed by atoms with Gasteiger partial charge < -0.3 is 14.5 Å². The van der Waals surface area contributed by atoms with Crippen molar-refractivity contribution in [2.75, 3.05) is 0 Å². The van der Waals surface area contributed by atoms with Gasteiger partial charge >= 0.3 is 0 Å². The molecule has 0 radical (unpaired) electrons. The lowest BCUT2D eigenvalue weighted by Crippen LogP contribution is -2.28. The maximum atomic E-state index is 13.5. The van der Waals surface area contributed by atoms with Crippen molar-refractivity contribution in [1.29, 1.82) is 0 Å². The number of hydrogen-bond donors (Lipinski definition) is 1. The number of benzene rings is 2. The van der Waals surface area contributed by atoms with Crippen LogP contribution in [0, 0.1) is 18.5 Å². The molecule has 1 N–H and O–H groups in total. The topological polar surface area (TPSA) is 63.8 Å². The Morgan fingerprint density at radius 1 is 1.19 bits per heavy atom. The standard InChI is InChI=1S/C32H30Cl2I2N2O3S/c1-32(2,3)20-7-9-23-27(13-20)42-31(28(23)30(39)37-16-22-5-4-10-40-22)38-15-18-11-25(35)29(26(36)12-18)41-17-19-6-8-21(33)14-24(19)34/h4-6,8,10-12,14-15,20H,7,9,13,16-17H2,1-3H3,(H,37,39)/t20-/m1/s1. The maximum Gasteiger partial charge on any atom is 0.255 e. The number of carbonyl (C=O) groups excluding carboxylic acids is 1. The fraction of sp³-hybridized carbons (Fsp3) is 0.312. The first-order chi connectivity index (χ1) is 20.0. The molecule has 1 aliphatic rings. The minimum Gasteiger partial charge on any atom is -0.487 e. The molecule has 1 amide bonds. The monoisotopic (exact) mass is 846 g/mol. The van der Waals surface area contributed by atoms with E-state index in [0.29, 0.717) is 34.7 Å². The number of thiophene rings is 1. The van der Waals surface area contributed by atoms with Gasteiger partial charge in [0.25, 0.3) is 5.91 Å². The summed E-state index contributed by atoms with van der Waals surface area (Å²) in [6.07, 6.45) is 6.37. The van der Waals surface area contributed by atoms with Crippen LogP contribution >= 0.6 is 79.7 Å². The molecule has 1 atom stereocenters. The van der Waals surface area contributed by atoms with Gasteiger partial charge in [0.2, 0.25) is 0 Å². The van der Waals surface area contributed by atoms with E-state index in [4.69, 9.17) is 37.3 Å². The molecule has 2 heterocycles. The highest BCUT2D eigenvalue weighted by Gasteiger charge is 2.33. The van der Waals surface area contributed by atoms with E-state index in [1.54, 1.807) is 29.7 Å². The summed E-state index contributed by atoms with van der Waals surface area (Å²) >= 11 is 18.6. The number of aliphatic imine (C=N–C) groups is 1. The highest BCUT2D eigenvalue weighted by Crippen LogP contribution is 2.45. The predicted molar refractivity (Wildman–Crippen MR) is 189 cm³/mol. The van der Waals surface area contributed by atoms with E-state index < -0.39 is 0 Å². The summed E-state index contributed by atoms with van der Waals surface area (Å²) in [5.74, 6) is 1.96. The minimum absolute atomic E-state index is 0.112. The molecule has 42 heavy (non-hydrogen) atoms. The molecule has 5 nitrogen and oxygen atoms in total. The van der Waals surface area contributed by atoms with Crippen molar-refractivity contribution < 1.29 is 13.9 Å². The molecule has 220 valence electrons. The number of ether oxygens (including phenoxy) is 1. The predicted octanol–water partition coefficient (Wildman–Crippen LogP) is 10.3. The van der Waals surface area contributed by atoms with Crippen LogP contribution < -0.4 is 10.1 Å². The second-order valence-electron chi connectivity index (χ2n) is 11.3. The van der Waals surface area contributed by atoms with Gasteiger partial charge in [0.1, 0.15) is 23.1 Å². The van der Waals surface area contributed by atoms with Gasteiger partial charge in [-0.3, -0.25) is 4.79 Å². The Labute approximate surface area is 287 Å². The average Bonchev–Trinajstić information content (AvgIpc) is 3.58. The number of fused-ring (bicyclic) bond motifs is 1. The molecule has 0 spiro atoms. The van der Waals surface area contributed by atoms with Crippen LogP contribution in [-0.4, -0.2) is 12.1 Å². The number of rotatable bonds is 8. The fourth-order valence-electron chi connectivity index (χ4n) is 5.02. The van der Waals surface area contributed by atoms with E-state index in [9.17, 15) is 4.79 Å². The lowest BCUT2D eigenvalue weighted by molar-refractivity contribution is 0.0947. The Morgan fingerprint density at radius 2 is 1.95 bits per heavy atom. The first-order valence-electron chi connectivity index (χ1n) is 13.5. The van der Waals surface area contributed by atoms with Crippen LogP contribution in [0.1, 0.15) is 64.9 Å². The Balaban J connectivity index is 1.39. The van der Waals surface area contributed by atoms with Gasteiger partial charge in [-0.25, -0.2) is 4.99 Å². The van der Waals surface area contributed by atoms with Crippen LogP contribution in [0.5, 0.6) is 5.75 Å². The molecule has 5 rings (SSSR count). The van der Waals surface area contributed by atoms with Crippen molar-refractivity contribution in [2.45, 2.75) is 53.2 Å². The molecule has 1 aliphatic carbocycles. The molecule has 0 fully saturated rings. The third kappa shape index (κ3) is 7.54. The summed E-state index contributed by atoms with van der Waals surface area (Å²) in [7, 11) is 0. The highest BCUT2D eigenvalue weighted by molar-refractivity contribution is 14.1. The van der Waals surface area contributed by atoms with Crippen LogP contribution in [0.3, 0.4) is 0 Å². The molecule has 0 saturated heterocycles. The second kappa shape index (κ2) is 13.6. The normalized spacial score (nSPS) is 15.2. The zero-order valence-electron chi connectivity index (χ0n) is 23.4. The zero-order chi connectivity index (χ0) is 30.0. The second-order valence-corrected chi connectivity index (χ2v) is 15.6. The maximum absolute atomic E-state index is 13.5. The molecule has 0 bridgehead atoms. The Bertz CT molecular complexity index is 1600. The van der Waals surface area contributed by atoms with Gasteiger partial charge in [0.05, 0.1) is 25.5 Å². The van der Waals surface area contributed by atoms with E-state index in [0.717, 1.165) is 59.6 Å². The first kappa shape index (κ1) is 31.8. The molecule has 10 heteroatoms. The summed E-state index contributed by atoms with van der Waals surface area (Å²) in [6.45, 7) is 7.57. The van der Waals surface area contributed by atoms with Crippen LogP contribution in [0.4, 0.5) is 5.00 Å². The molecule has 2 aromatic carbocycles. The minimum atomic E-state index is -0.112. The molecule has 0 saturated carbocycles. The van der Waals surface area contributed by atoms with E-state index in [1.165, 1.54) is 4.88 Å². The van der Waals surface area contributed by atoms with Crippen molar-refractivity contribution in [3.8, 4) is 5.75 Å². The number of carbonyl (C=O) groups is 1. The van der Waals surface area contributed by atoms with Crippen molar-refractivity contribution in [2.24, 2.45) is 16.3 Å². The van der Waals surface area contributed by atoms with Gasteiger partial charge in [0.15, 0.2) is 0 Å². The quantitative estimate of drug-likeness (QED) is 0.142. The van der Waals surface area contributed by atoms with Gasteiger partial charge in [-0.05, 0) is 123 Å². The van der Waals surface area contributed by atoms with Gasteiger partial charge in [-0.15, -0.1) is 11.3 Å². The third-order valence-electron chi connectivity index (χ3n) is 7.44. The molecule has 0 aliphatic heterocycles. The average molecular weight is 847 g/mol. The summed E-state index contributed by atoms with van der Waals surface area (Å²) in [5.41, 5.74) is 3.84. The lowest BCUT2D eigenvalue weighted by atomic mass is 9.72. The van der Waals surface area contributed by atoms with Crippen LogP contribution in [0.25, 0.3) is 0 Å². The van der Waals surface area contributed by atoms with Crippen LogP contribution in [-0.2, 0) is 26.0 Å². The smallest absolute Gasteiger partial charge is 0.255 e. The van der Waals surface area contributed by atoms with Crippen LogP contribution in [0.2, 0.25) is 10.0 Å². The Morgan fingerprint density at radius 3 is 2.62 bits per heavy atom. The first-order valence-corrected chi connectivity index (χ1v) is 17.3. The van der Waals surface area contributed by atoms with Gasteiger partial charge in [0, 0.05) is 26.7 Å². The summed E-state index contributed by atoms with van der Waals surface area (Å²) in [6, 6.07) is 13.1. The number of nitrogens with one attached hydrogen (secondary N) is 1. The van der Waals surface area contributed by atoms with Crippen molar-refractivity contribution in [1.82, 2.24) is 5.32 Å². The van der Waals surface area contributed by atoms with Gasteiger partial charge in [-0.2, -0.15) is 0 Å². The van der Waals surface area contributed by atoms with Crippen molar-refractivity contribution >= 4 is 96.8 Å². The SMILES string of the molecule is CC(C)(C)[C@@H]1CCc2c(sc(N=Cc3cc(I)c(OCc4ccc(Cl)cc4Cl)c(I)c3)c2C(=O)NCc2ccco2)C1. The zero-order valence-corrected chi connectivity index (χ0v) is 30.0. The fourth-order valence-corrected chi connectivity index (χ4v) is 8.88. The molecular formula is C32H30Cl2I2N2O3S. The summed E-state index contributed by atoms with van der Waals surface area (Å²) in [5, 5.41) is 4.96.